The molecule has 0 spiro atoms. The van der Waals surface area contributed by atoms with Crippen LogP contribution in [0.2, 0.25) is 0 Å². The van der Waals surface area contributed by atoms with Gasteiger partial charge in [-0.2, -0.15) is 10.2 Å². The molecule has 0 saturated heterocycles. The van der Waals surface area contributed by atoms with E-state index in [1.54, 1.807) is 24.8 Å². The fraction of sp³-hybridized carbons (Fsp3) is 0.304. The van der Waals surface area contributed by atoms with Crippen LogP contribution in [0.4, 0.5) is 5.69 Å². The van der Waals surface area contributed by atoms with E-state index < -0.39 is 0 Å². The van der Waals surface area contributed by atoms with Gasteiger partial charge in [0.05, 0.1) is 22.5 Å². The van der Waals surface area contributed by atoms with Crippen molar-refractivity contribution in [1.82, 2.24) is 29.8 Å². The summed E-state index contributed by atoms with van der Waals surface area (Å²) in [4.78, 5) is 9.21. The van der Waals surface area contributed by atoms with Gasteiger partial charge in [-0.05, 0) is 42.7 Å². The van der Waals surface area contributed by atoms with Gasteiger partial charge in [0.25, 0.3) is 0 Å². The number of ether oxygens (including phenoxy) is 1. The molecule has 164 valence electrons. The van der Waals surface area contributed by atoms with Crippen LogP contribution < -0.4 is 5.32 Å². The predicted molar refractivity (Wildman–Crippen MR) is 128 cm³/mol. The topological polar surface area (TPSA) is 93.0 Å². The first-order chi connectivity index (χ1) is 15.5. The molecule has 8 nitrogen and oxygen atoms in total. The minimum absolute atomic E-state index is 0.267. The SMILES string of the molecule is COCCNc1ccc2nc(-c3n[nH]c(-c4cc(C)c5ncnn5c4)c3C(C)C)sc2c1. The summed E-state index contributed by atoms with van der Waals surface area (Å²) >= 11 is 1.66. The zero-order valence-electron chi connectivity index (χ0n) is 18.5. The lowest BCUT2D eigenvalue weighted by molar-refractivity contribution is 0.211. The molecular formula is C23H25N7OS. The van der Waals surface area contributed by atoms with E-state index in [1.165, 1.54) is 0 Å². The Morgan fingerprint density at radius 3 is 2.94 bits per heavy atom. The highest BCUT2D eigenvalue weighted by Crippen LogP contribution is 2.39. The lowest BCUT2D eigenvalue weighted by Crippen LogP contribution is -2.07. The van der Waals surface area contributed by atoms with Gasteiger partial charge in [0.1, 0.15) is 17.0 Å². The number of rotatable bonds is 7. The Morgan fingerprint density at radius 1 is 1.25 bits per heavy atom. The van der Waals surface area contributed by atoms with Crippen LogP contribution in [0.3, 0.4) is 0 Å². The number of nitrogens with one attached hydrogen (secondary N) is 2. The molecule has 5 aromatic rings. The molecule has 5 rings (SSSR count). The van der Waals surface area contributed by atoms with Crippen molar-refractivity contribution < 1.29 is 4.74 Å². The molecule has 0 atom stereocenters. The number of aromatic nitrogens is 6. The molecule has 2 N–H and O–H groups in total. The van der Waals surface area contributed by atoms with Crippen molar-refractivity contribution in [2.75, 3.05) is 25.6 Å². The Labute approximate surface area is 189 Å². The van der Waals surface area contributed by atoms with Crippen LogP contribution in [0.25, 0.3) is 37.8 Å². The van der Waals surface area contributed by atoms with Gasteiger partial charge in [-0.25, -0.2) is 14.5 Å². The number of methoxy groups -OCH3 is 1. The molecule has 0 saturated carbocycles. The van der Waals surface area contributed by atoms with Gasteiger partial charge in [0.15, 0.2) is 5.65 Å². The van der Waals surface area contributed by atoms with Crippen molar-refractivity contribution in [3.8, 4) is 22.0 Å². The van der Waals surface area contributed by atoms with Crippen LogP contribution in [0.1, 0.15) is 30.9 Å². The molecule has 0 radical (unpaired) electrons. The quantitative estimate of drug-likeness (QED) is 0.345. The van der Waals surface area contributed by atoms with E-state index in [9.17, 15) is 0 Å². The van der Waals surface area contributed by atoms with Crippen LogP contribution in [0.15, 0.2) is 36.8 Å². The third-order valence-corrected chi connectivity index (χ3v) is 6.48. The second-order valence-electron chi connectivity index (χ2n) is 8.08. The monoisotopic (exact) mass is 447 g/mol. The largest absolute Gasteiger partial charge is 0.383 e. The van der Waals surface area contributed by atoms with E-state index in [-0.39, 0.29) is 5.92 Å². The van der Waals surface area contributed by atoms with Gasteiger partial charge < -0.3 is 10.1 Å². The number of aryl methyl sites for hydroxylation is 1. The number of nitrogens with zero attached hydrogens (tertiary/aromatic N) is 5. The smallest absolute Gasteiger partial charge is 0.158 e. The van der Waals surface area contributed by atoms with Gasteiger partial charge in [-0.3, -0.25) is 5.10 Å². The maximum Gasteiger partial charge on any atom is 0.158 e. The van der Waals surface area contributed by atoms with Crippen molar-refractivity contribution in [2.45, 2.75) is 26.7 Å². The Morgan fingerprint density at radius 2 is 2.12 bits per heavy atom. The standard InChI is InChI=1S/C23H25N7OS/c1-13(2)19-20(15-9-14(3)22-25-12-26-30(22)11-15)28-29-21(19)23-27-17-6-5-16(10-18(17)32-23)24-7-8-31-4/h5-6,9-13,24H,7-8H2,1-4H3,(H,28,29). The summed E-state index contributed by atoms with van der Waals surface area (Å²) in [5, 5.41) is 16.6. The van der Waals surface area contributed by atoms with Crippen LogP contribution >= 0.6 is 11.3 Å². The van der Waals surface area contributed by atoms with Crippen molar-refractivity contribution in [1.29, 1.82) is 0 Å². The molecule has 0 amide bonds. The minimum atomic E-state index is 0.267. The normalized spacial score (nSPS) is 11.8. The van der Waals surface area contributed by atoms with Gasteiger partial charge in [-0.15, -0.1) is 11.3 Å². The first-order valence-corrected chi connectivity index (χ1v) is 11.4. The summed E-state index contributed by atoms with van der Waals surface area (Å²) in [6.07, 6.45) is 3.57. The Bertz CT molecular complexity index is 1400. The highest BCUT2D eigenvalue weighted by atomic mass is 32.1. The van der Waals surface area contributed by atoms with Crippen molar-refractivity contribution in [3.05, 3.63) is 47.9 Å². The lowest BCUT2D eigenvalue weighted by Gasteiger charge is -2.09. The summed E-state index contributed by atoms with van der Waals surface area (Å²) in [7, 11) is 1.70. The summed E-state index contributed by atoms with van der Waals surface area (Å²) in [5.74, 6) is 0.267. The second-order valence-corrected chi connectivity index (χ2v) is 9.11. The van der Waals surface area contributed by atoms with Crippen LogP contribution in [0, 0.1) is 6.92 Å². The number of benzene rings is 1. The first kappa shape index (κ1) is 20.6. The number of hydrogen-bond donors (Lipinski definition) is 2. The average molecular weight is 448 g/mol. The molecule has 0 bridgehead atoms. The molecule has 0 fully saturated rings. The van der Waals surface area contributed by atoms with Crippen molar-refractivity contribution in [2.24, 2.45) is 0 Å². The molecule has 32 heavy (non-hydrogen) atoms. The van der Waals surface area contributed by atoms with Gasteiger partial charge in [0, 0.05) is 36.7 Å². The highest BCUT2D eigenvalue weighted by molar-refractivity contribution is 7.21. The number of aromatic amines is 1. The maximum atomic E-state index is 5.12. The number of H-pyrrole nitrogens is 1. The van der Waals surface area contributed by atoms with Crippen LogP contribution in [-0.4, -0.2) is 50.0 Å². The molecule has 9 heteroatoms. The summed E-state index contributed by atoms with van der Waals surface area (Å²) in [6, 6.07) is 8.37. The molecule has 0 aliphatic heterocycles. The number of fused-ring (bicyclic) bond motifs is 2. The average Bonchev–Trinajstić information content (AvgIpc) is 3.50. The zero-order valence-corrected chi connectivity index (χ0v) is 19.3. The van der Waals surface area contributed by atoms with E-state index in [0.717, 1.165) is 61.2 Å². The van der Waals surface area contributed by atoms with Crippen molar-refractivity contribution in [3.63, 3.8) is 0 Å². The molecule has 0 unspecified atom stereocenters. The van der Waals surface area contributed by atoms with E-state index in [1.807, 2.05) is 17.6 Å². The van der Waals surface area contributed by atoms with Crippen molar-refractivity contribution >= 4 is 32.9 Å². The van der Waals surface area contributed by atoms with E-state index in [4.69, 9.17) is 14.8 Å². The number of pyridine rings is 1. The third kappa shape index (κ3) is 3.63. The molecule has 1 aromatic carbocycles. The van der Waals surface area contributed by atoms with Gasteiger partial charge in [-0.1, -0.05) is 13.8 Å². The summed E-state index contributed by atoms with van der Waals surface area (Å²) in [5.41, 5.74) is 8.06. The van der Waals surface area contributed by atoms with E-state index in [0.29, 0.717) is 6.61 Å². The summed E-state index contributed by atoms with van der Waals surface area (Å²) < 4.78 is 8.06. The van der Waals surface area contributed by atoms with Crippen LogP contribution in [-0.2, 0) is 4.74 Å². The lowest BCUT2D eigenvalue weighted by atomic mass is 9.97. The third-order valence-electron chi connectivity index (χ3n) is 5.46. The van der Waals surface area contributed by atoms with Crippen LogP contribution in [0.5, 0.6) is 0 Å². The Hall–Kier alpha value is -3.30. The fourth-order valence-corrected chi connectivity index (χ4v) is 4.97. The molecule has 0 aliphatic carbocycles. The van der Waals surface area contributed by atoms with E-state index in [2.05, 4.69) is 58.6 Å². The van der Waals surface area contributed by atoms with Gasteiger partial charge >= 0.3 is 0 Å². The fourth-order valence-electron chi connectivity index (χ4n) is 3.96. The number of anilines is 1. The molecule has 4 aromatic heterocycles. The molecular weight excluding hydrogens is 422 g/mol. The highest BCUT2D eigenvalue weighted by Gasteiger charge is 2.22. The first-order valence-electron chi connectivity index (χ1n) is 10.6. The molecule has 0 aliphatic rings. The minimum Gasteiger partial charge on any atom is -0.383 e. The van der Waals surface area contributed by atoms with Gasteiger partial charge in [0.2, 0.25) is 0 Å². The number of thiazole rings is 1. The predicted octanol–water partition coefficient (Wildman–Crippen LogP) is 4.89. The second kappa shape index (κ2) is 8.33. The zero-order chi connectivity index (χ0) is 22.2. The summed E-state index contributed by atoms with van der Waals surface area (Å²) in [6.45, 7) is 7.85. The Kier molecular flexibility index (Phi) is 5.36. The maximum absolute atomic E-state index is 5.12. The Balaban J connectivity index is 1.56. The number of hydrogen-bond acceptors (Lipinski definition) is 7. The van der Waals surface area contributed by atoms with E-state index >= 15 is 0 Å². The molecule has 4 heterocycles.